The van der Waals surface area contributed by atoms with Crippen LogP contribution in [0.3, 0.4) is 0 Å². The van der Waals surface area contributed by atoms with Gasteiger partial charge in [0.1, 0.15) is 0 Å². The fourth-order valence-electron chi connectivity index (χ4n) is 3.26. The molecule has 0 spiro atoms. The average Bonchev–Trinajstić information content (AvgIpc) is 2.29. The smallest absolute Gasteiger partial charge is 0.0962 e. The van der Waals surface area contributed by atoms with Crippen molar-refractivity contribution in [2.75, 3.05) is 7.05 Å². The second-order valence-electron chi connectivity index (χ2n) is 5.83. The van der Waals surface area contributed by atoms with Gasteiger partial charge in [0.15, 0.2) is 0 Å². The Bertz CT molecular complexity index is 285. The van der Waals surface area contributed by atoms with E-state index < -0.39 is 0 Å². The van der Waals surface area contributed by atoms with Crippen LogP contribution in [0, 0.1) is 5.92 Å². The van der Waals surface area contributed by atoms with Crippen LogP contribution in [0.2, 0.25) is 5.31 Å². The van der Waals surface area contributed by atoms with Crippen molar-refractivity contribution in [2.45, 2.75) is 57.4 Å². The Morgan fingerprint density at radius 1 is 1.47 bits per heavy atom. The van der Waals surface area contributed by atoms with Crippen molar-refractivity contribution in [3.05, 3.63) is 0 Å². The molecule has 1 saturated carbocycles. The predicted molar refractivity (Wildman–Crippen MR) is 65.6 cm³/mol. The van der Waals surface area contributed by atoms with E-state index in [1.165, 1.54) is 12.3 Å². The van der Waals surface area contributed by atoms with E-state index in [9.17, 15) is 0 Å². The number of amidine groups is 1. The van der Waals surface area contributed by atoms with E-state index in [4.69, 9.17) is 12.8 Å². The lowest BCUT2D eigenvalue weighted by Crippen LogP contribution is -2.36. The number of hydrogen-bond acceptors (Lipinski definition) is 2. The zero-order valence-electron chi connectivity index (χ0n) is 10.3. The van der Waals surface area contributed by atoms with Crippen molar-refractivity contribution in [2.24, 2.45) is 10.9 Å². The lowest BCUT2D eigenvalue weighted by molar-refractivity contribution is 0.306. The van der Waals surface area contributed by atoms with Gasteiger partial charge >= 0.3 is 0 Å². The molecular formula is C12H21BN2. The zero-order valence-corrected chi connectivity index (χ0v) is 10.3. The first-order valence-corrected chi connectivity index (χ1v) is 5.95. The molecule has 1 fully saturated rings. The molecule has 2 nitrogen and oxygen atoms in total. The number of fused-ring (bicyclic) bond motifs is 1. The summed E-state index contributed by atoms with van der Waals surface area (Å²) in [6.45, 7) is 6.59. The molecule has 0 aromatic heterocycles. The molecule has 1 aliphatic heterocycles. The molecule has 4 unspecified atom stereocenters. The van der Waals surface area contributed by atoms with Crippen LogP contribution < -0.4 is 0 Å². The fraction of sp³-hybridized carbons (Fsp3) is 0.917. The van der Waals surface area contributed by atoms with Gasteiger partial charge < -0.3 is 4.90 Å². The van der Waals surface area contributed by atoms with E-state index in [0.717, 1.165) is 12.8 Å². The molecule has 4 atom stereocenters. The molecule has 0 saturated heterocycles. The molecule has 0 N–H and O–H groups in total. The number of hydrogen-bond donors (Lipinski definition) is 0. The molecular weight excluding hydrogens is 183 g/mol. The summed E-state index contributed by atoms with van der Waals surface area (Å²) in [6.07, 6.45) is 3.39. The van der Waals surface area contributed by atoms with Gasteiger partial charge in [-0.05, 0) is 25.7 Å². The van der Waals surface area contributed by atoms with Gasteiger partial charge in [0.2, 0.25) is 0 Å². The number of nitrogens with zero attached hydrogens (tertiary/aromatic N) is 2. The molecule has 2 rings (SSSR count). The van der Waals surface area contributed by atoms with Crippen LogP contribution in [0.1, 0.15) is 40.0 Å². The third-order valence-corrected chi connectivity index (χ3v) is 3.94. The Kier molecular flexibility index (Phi) is 2.60. The Morgan fingerprint density at radius 3 is 2.80 bits per heavy atom. The predicted octanol–water partition coefficient (Wildman–Crippen LogP) is 2.25. The van der Waals surface area contributed by atoms with Crippen LogP contribution in [-0.2, 0) is 0 Å². The van der Waals surface area contributed by atoms with E-state index in [1.807, 2.05) is 0 Å². The van der Waals surface area contributed by atoms with Gasteiger partial charge in [0.25, 0.3) is 0 Å². The van der Waals surface area contributed by atoms with Gasteiger partial charge in [-0.2, -0.15) is 0 Å². The Labute approximate surface area is 94.5 Å². The standard InChI is InChI=1S/C12H21BN2/c1-8-5-11-10(7-12(3,13)6-8)14-9(2)15(11)4/h8,10-11H,5-7H2,1-4H3. The van der Waals surface area contributed by atoms with Crippen LogP contribution in [-0.4, -0.2) is 37.7 Å². The van der Waals surface area contributed by atoms with Crippen LogP contribution >= 0.6 is 0 Å². The molecule has 15 heavy (non-hydrogen) atoms. The van der Waals surface area contributed by atoms with Crippen molar-refractivity contribution in [3.8, 4) is 0 Å². The van der Waals surface area contributed by atoms with E-state index in [0.29, 0.717) is 18.0 Å². The Hall–Kier alpha value is -0.465. The molecule has 0 amide bonds. The van der Waals surface area contributed by atoms with Crippen LogP contribution in [0.25, 0.3) is 0 Å². The number of rotatable bonds is 0. The maximum Gasteiger partial charge on any atom is 0.0962 e. The number of aliphatic imine (C=N–C) groups is 1. The highest BCUT2D eigenvalue weighted by Gasteiger charge is 2.39. The molecule has 2 aliphatic rings. The highest BCUT2D eigenvalue weighted by Crippen LogP contribution is 2.44. The molecule has 82 valence electrons. The summed E-state index contributed by atoms with van der Waals surface area (Å²) in [6, 6.07) is 1.01. The SMILES string of the molecule is [B]C1(C)CC(C)CC2C(C1)N=C(C)N2C. The van der Waals surface area contributed by atoms with E-state index in [2.05, 4.69) is 32.7 Å². The summed E-state index contributed by atoms with van der Waals surface area (Å²) in [4.78, 5) is 7.08. The Balaban J connectivity index is 2.22. The van der Waals surface area contributed by atoms with Crippen molar-refractivity contribution in [1.29, 1.82) is 0 Å². The maximum absolute atomic E-state index is 6.33. The topological polar surface area (TPSA) is 15.6 Å². The van der Waals surface area contributed by atoms with Gasteiger partial charge in [-0.25, -0.2) is 0 Å². The van der Waals surface area contributed by atoms with Crippen LogP contribution in [0.5, 0.6) is 0 Å². The fourth-order valence-corrected chi connectivity index (χ4v) is 3.26. The van der Waals surface area contributed by atoms with Crippen molar-refractivity contribution in [3.63, 3.8) is 0 Å². The van der Waals surface area contributed by atoms with Gasteiger partial charge in [-0.3, -0.25) is 4.99 Å². The first-order valence-electron chi connectivity index (χ1n) is 5.95. The molecule has 1 heterocycles. The first-order chi connectivity index (χ1) is 6.89. The minimum absolute atomic E-state index is 0.0339. The van der Waals surface area contributed by atoms with Gasteiger partial charge in [0, 0.05) is 7.05 Å². The number of likely N-dealkylation sites (N-methyl/N-ethyl adjacent to an activating group) is 1. The summed E-state index contributed by atoms with van der Waals surface area (Å²) in [7, 11) is 8.49. The largest absolute Gasteiger partial charge is 0.359 e. The molecule has 0 bridgehead atoms. The normalized spacial score (nSPS) is 46.0. The molecule has 0 aromatic carbocycles. The highest BCUT2D eigenvalue weighted by atomic mass is 15.3. The lowest BCUT2D eigenvalue weighted by atomic mass is 9.63. The summed E-state index contributed by atoms with van der Waals surface area (Å²) < 4.78 is 0. The van der Waals surface area contributed by atoms with Crippen molar-refractivity contribution < 1.29 is 0 Å². The van der Waals surface area contributed by atoms with E-state index in [-0.39, 0.29) is 5.31 Å². The van der Waals surface area contributed by atoms with E-state index in [1.54, 1.807) is 0 Å². The van der Waals surface area contributed by atoms with Crippen LogP contribution in [0.4, 0.5) is 0 Å². The second-order valence-corrected chi connectivity index (χ2v) is 5.83. The summed E-state index contributed by atoms with van der Waals surface area (Å²) in [5.74, 6) is 1.88. The third-order valence-electron chi connectivity index (χ3n) is 3.94. The van der Waals surface area contributed by atoms with Crippen LogP contribution in [0.15, 0.2) is 4.99 Å². The Morgan fingerprint density at radius 2 is 2.13 bits per heavy atom. The van der Waals surface area contributed by atoms with E-state index >= 15 is 0 Å². The summed E-state index contributed by atoms with van der Waals surface area (Å²) >= 11 is 0. The lowest BCUT2D eigenvalue weighted by Gasteiger charge is -2.27. The maximum atomic E-state index is 6.33. The average molecular weight is 204 g/mol. The van der Waals surface area contributed by atoms with Gasteiger partial charge in [-0.15, -0.1) is 0 Å². The third kappa shape index (κ3) is 2.06. The summed E-state index contributed by atoms with van der Waals surface area (Å²) in [5.41, 5.74) is 0. The quantitative estimate of drug-likeness (QED) is 0.552. The van der Waals surface area contributed by atoms with Crippen molar-refractivity contribution in [1.82, 2.24) is 4.90 Å². The van der Waals surface area contributed by atoms with Crippen molar-refractivity contribution >= 4 is 13.7 Å². The molecule has 1 aliphatic carbocycles. The van der Waals surface area contributed by atoms with Gasteiger partial charge in [0.05, 0.1) is 25.8 Å². The highest BCUT2D eigenvalue weighted by molar-refractivity contribution is 6.15. The molecule has 2 radical (unpaired) electrons. The minimum atomic E-state index is -0.0339. The second kappa shape index (κ2) is 3.53. The first kappa shape index (κ1) is 11.0. The minimum Gasteiger partial charge on any atom is -0.359 e. The molecule has 0 aromatic rings. The summed E-state index contributed by atoms with van der Waals surface area (Å²) in [5, 5.41) is -0.0339. The molecule has 3 heteroatoms. The monoisotopic (exact) mass is 204 g/mol. The van der Waals surface area contributed by atoms with Gasteiger partial charge in [-0.1, -0.05) is 25.6 Å². The zero-order chi connectivity index (χ0) is 11.2.